The highest BCUT2D eigenvalue weighted by atomic mass is 35.5. The Balaban J connectivity index is 1.94. The van der Waals surface area contributed by atoms with Crippen molar-refractivity contribution in [3.05, 3.63) is 29.0 Å². The molecule has 0 aliphatic rings. The zero-order valence-electron chi connectivity index (χ0n) is 10.5. The largest absolute Gasteiger partial charge is 0.330 e. The molecule has 0 bridgehead atoms. The third-order valence-corrected chi connectivity index (χ3v) is 4.40. The highest BCUT2D eigenvalue weighted by Crippen LogP contribution is 2.29. The van der Waals surface area contributed by atoms with Crippen LogP contribution in [0.3, 0.4) is 0 Å². The van der Waals surface area contributed by atoms with Gasteiger partial charge in [0.25, 0.3) is 0 Å². The Bertz CT molecular complexity index is 703. The molecular formula is C13H15ClN4S. The molecule has 3 rings (SSSR count). The Morgan fingerprint density at radius 1 is 1.21 bits per heavy atom. The van der Waals surface area contributed by atoms with E-state index in [1.54, 1.807) is 11.3 Å². The number of aromatic nitrogens is 3. The maximum Gasteiger partial charge on any atom is 0.217 e. The van der Waals surface area contributed by atoms with Gasteiger partial charge in [0.1, 0.15) is 5.82 Å². The Kier molecular flexibility index (Phi) is 3.68. The zero-order chi connectivity index (χ0) is 13.2. The molecule has 6 heteroatoms. The lowest BCUT2D eigenvalue weighted by Gasteiger charge is -1.99. The normalized spacial score (nSPS) is 11.7. The van der Waals surface area contributed by atoms with Crippen LogP contribution < -0.4 is 5.73 Å². The molecule has 1 aromatic carbocycles. The third kappa shape index (κ3) is 2.45. The minimum atomic E-state index is 0.759. The van der Waals surface area contributed by atoms with E-state index in [-0.39, 0.29) is 0 Å². The summed E-state index contributed by atoms with van der Waals surface area (Å²) < 4.78 is 3.29. The van der Waals surface area contributed by atoms with Crippen LogP contribution in [0.2, 0.25) is 5.02 Å². The van der Waals surface area contributed by atoms with E-state index in [4.69, 9.17) is 17.3 Å². The first-order valence-corrected chi connectivity index (χ1v) is 7.61. The molecule has 0 atom stereocenters. The van der Waals surface area contributed by atoms with E-state index < -0.39 is 0 Å². The minimum Gasteiger partial charge on any atom is -0.330 e. The lowest BCUT2D eigenvalue weighted by Crippen LogP contribution is -1.99. The smallest absolute Gasteiger partial charge is 0.217 e. The van der Waals surface area contributed by atoms with Gasteiger partial charge in [-0.2, -0.15) is 0 Å². The van der Waals surface area contributed by atoms with Gasteiger partial charge in [-0.25, -0.2) is 0 Å². The summed E-state index contributed by atoms with van der Waals surface area (Å²) in [4.78, 5) is 0.936. The summed E-state index contributed by atoms with van der Waals surface area (Å²) in [6.07, 6.45) is 4.25. The quantitative estimate of drug-likeness (QED) is 0.735. The summed E-state index contributed by atoms with van der Waals surface area (Å²) in [5.41, 5.74) is 6.65. The lowest BCUT2D eigenvalue weighted by molar-refractivity contribution is 0.667. The fourth-order valence-electron chi connectivity index (χ4n) is 2.23. The van der Waals surface area contributed by atoms with Crippen molar-refractivity contribution in [3.8, 4) is 0 Å². The Hall–Kier alpha value is -1.17. The summed E-state index contributed by atoms with van der Waals surface area (Å²) in [5, 5.41) is 9.29. The van der Waals surface area contributed by atoms with Gasteiger partial charge in [0, 0.05) is 11.4 Å². The van der Waals surface area contributed by atoms with Gasteiger partial charge in [-0.05, 0) is 37.6 Å². The number of benzene rings is 1. The predicted octanol–water partition coefficient (Wildman–Crippen LogP) is 3.27. The van der Waals surface area contributed by atoms with Gasteiger partial charge >= 0.3 is 0 Å². The number of hydrogen-bond acceptors (Lipinski definition) is 4. The van der Waals surface area contributed by atoms with Crippen molar-refractivity contribution < 1.29 is 0 Å². The van der Waals surface area contributed by atoms with Crippen LogP contribution in [0, 0.1) is 0 Å². The molecule has 0 fully saturated rings. The molecule has 0 saturated carbocycles. The molecule has 0 aliphatic heterocycles. The maximum absolute atomic E-state index is 6.02. The van der Waals surface area contributed by atoms with Gasteiger partial charge in [0.05, 0.1) is 10.2 Å². The van der Waals surface area contributed by atoms with Crippen LogP contribution in [0.15, 0.2) is 18.2 Å². The molecular weight excluding hydrogens is 280 g/mol. The van der Waals surface area contributed by atoms with Crippen molar-refractivity contribution in [2.45, 2.75) is 25.7 Å². The monoisotopic (exact) mass is 294 g/mol. The van der Waals surface area contributed by atoms with Crippen molar-refractivity contribution in [1.82, 2.24) is 14.6 Å². The molecule has 0 aliphatic carbocycles. The van der Waals surface area contributed by atoms with Crippen LogP contribution in [0.25, 0.3) is 15.2 Å². The minimum absolute atomic E-state index is 0.759. The van der Waals surface area contributed by atoms with Gasteiger partial charge in [-0.3, -0.25) is 4.40 Å². The first-order valence-electron chi connectivity index (χ1n) is 6.42. The topological polar surface area (TPSA) is 56.2 Å². The number of nitrogens with two attached hydrogens (primary N) is 1. The SMILES string of the molecule is NCCCCCc1nnc2sc3cc(Cl)ccc3n12. The van der Waals surface area contributed by atoms with Gasteiger partial charge in [-0.1, -0.05) is 29.4 Å². The van der Waals surface area contributed by atoms with Gasteiger partial charge in [0.2, 0.25) is 4.96 Å². The molecule has 19 heavy (non-hydrogen) atoms. The Morgan fingerprint density at radius 2 is 2.11 bits per heavy atom. The van der Waals surface area contributed by atoms with E-state index >= 15 is 0 Å². The molecule has 0 spiro atoms. The van der Waals surface area contributed by atoms with Crippen LogP contribution >= 0.6 is 22.9 Å². The lowest BCUT2D eigenvalue weighted by atomic mass is 10.2. The molecule has 0 radical (unpaired) electrons. The second-order valence-electron chi connectivity index (χ2n) is 4.55. The van der Waals surface area contributed by atoms with Crippen molar-refractivity contribution in [1.29, 1.82) is 0 Å². The second-order valence-corrected chi connectivity index (χ2v) is 5.99. The summed E-state index contributed by atoms with van der Waals surface area (Å²) in [5.74, 6) is 1.03. The van der Waals surface area contributed by atoms with Gasteiger partial charge in [-0.15, -0.1) is 10.2 Å². The second kappa shape index (κ2) is 5.45. The fourth-order valence-corrected chi connectivity index (χ4v) is 3.49. The first-order chi connectivity index (χ1) is 9.29. The number of hydrogen-bond donors (Lipinski definition) is 1. The van der Waals surface area contributed by atoms with E-state index in [1.165, 1.54) is 0 Å². The van der Waals surface area contributed by atoms with Crippen molar-refractivity contribution in [2.75, 3.05) is 6.54 Å². The van der Waals surface area contributed by atoms with Crippen molar-refractivity contribution in [2.24, 2.45) is 5.73 Å². The molecule has 100 valence electrons. The summed E-state index contributed by atoms with van der Waals surface area (Å²) in [6, 6.07) is 5.93. The third-order valence-electron chi connectivity index (χ3n) is 3.17. The van der Waals surface area contributed by atoms with E-state index in [1.807, 2.05) is 18.2 Å². The number of fused-ring (bicyclic) bond motifs is 3. The summed E-state index contributed by atoms with van der Waals surface area (Å²) in [6.45, 7) is 0.759. The fraction of sp³-hybridized carbons (Fsp3) is 0.385. The Morgan fingerprint density at radius 3 is 2.95 bits per heavy atom. The van der Waals surface area contributed by atoms with E-state index in [9.17, 15) is 0 Å². The van der Waals surface area contributed by atoms with Crippen molar-refractivity contribution in [3.63, 3.8) is 0 Å². The highest BCUT2D eigenvalue weighted by molar-refractivity contribution is 7.23. The molecule has 4 nitrogen and oxygen atoms in total. The number of halogens is 1. The molecule has 2 aromatic heterocycles. The van der Waals surface area contributed by atoms with Crippen LogP contribution in [-0.4, -0.2) is 21.1 Å². The molecule has 2 heterocycles. The number of unbranched alkanes of at least 4 members (excludes halogenated alkanes) is 2. The van der Waals surface area contributed by atoms with E-state index in [2.05, 4.69) is 14.6 Å². The average Bonchev–Trinajstić information content (AvgIpc) is 2.93. The zero-order valence-corrected chi connectivity index (χ0v) is 12.0. The number of rotatable bonds is 5. The Labute approximate surface area is 120 Å². The molecule has 0 amide bonds. The van der Waals surface area contributed by atoms with Gasteiger partial charge in [0.15, 0.2) is 0 Å². The summed E-state index contributed by atoms with van der Waals surface area (Å²) >= 11 is 7.65. The molecule has 0 saturated heterocycles. The standard InChI is InChI=1S/C13H15ClN4S/c14-9-5-6-10-11(8-9)19-13-17-16-12(18(10)13)4-2-1-3-7-15/h5-6,8H,1-4,7,15H2. The molecule has 3 aromatic rings. The van der Waals surface area contributed by atoms with E-state index in [0.29, 0.717) is 0 Å². The van der Waals surface area contributed by atoms with E-state index in [0.717, 1.165) is 58.3 Å². The van der Waals surface area contributed by atoms with Crippen molar-refractivity contribution >= 4 is 38.1 Å². The number of nitrogens with zero attached hydrogens (tertiary/aromatic N) is 3. The highest BCUT2D eigenvalue weighted by Gasteiger charge is 2.12. The number of thiazole rings is 1. The number of aryl methyl sites for hydroxylation is 1. The molecule has 0 unspecified atom stereocenters. The van der Waals surface area contributed by atoms with Gasteiger partial charge < -0.3 is 5.73 Å². The first kappa shape index (κ1) is 12.8. The maximum atomic E-state index is 6.02. The summed E-state index contributed by atoms with van der Waals surface area (Å²) in [7, 11) is 0. The predicted molar refractivity (Wildman–Crippen MR) is 80.0 cm³/mol. The van der Waals surface area contributed by atoms with Crippen LogP contribution in [0.1, 0.15) is 25.1 Å². The molecule has 2 N–H and O–H groups in total. The average molecular weight is 295 g/mol. The van der Waals surface area contributed by atoms with Crippen LogP contribution in [0.4, 0.5) is 0 Å². The van der Waals surface area contributed by atoms with Crippen LogP contribution in [-0.2, 0) is 6.42 Å². The van der Waals surface area contributed by atoms with Crippen LogP contribution in [0.5, 0.6) is 0 Å².